The summed E-state index contributed by atoms with van der Waals surface area (Å²) >= 11 is 0. The number of esters is 2. The summed E-state index contributed by atoms with van der Waals surface area (Å²) in [5.41, 5.74) is 0. The molecule has 90 valence electrons. The van der Waals surface area contributed by atoms with Gasteiger partial charge in [-0.3, -0.25) is 9.59 Å². The predicted molar refractivity (Wildman–Crippen MR) is 56.3 cm³/mol. The van der Waals surface area contributed by atoms with Gasteiger partial charge in [-0.15, -0.1) is 0 Å². The highest BCUT2D eigenvalue weighted by atomic mass is 16.7. The van der Waals surface area contributed by atoms with Gasteiger partial charge in [0.25, 0.3) is 5.79 Å². The lowest BCUT2D eigenvalue weighted by atomic mass is 9.90. The van der Waals surface area contributed by atoms with Gasteiger partial charge in [0.2, 0.25) is 0 Å². The third kappa shape index (κ3) is 1.93. The molecular formula is C12H18O4. The zero-order chi connectivity index (χ0) is 11.8. The highest BCUT2D eigenvalue weighted by Gasteiger charge is 2.49. The lowest BCUT2D eigenvalue weighted by molar-refractivity contribution is -0.262. The molecule has 1 heterocycles. The first-order chi connectivity index (χ1) is 7.54. The topological polar surface area (TPSA) is 52.6 Å². The maximum Gasteiger partial charge on any atom is 0.323 e. The Morgan fingerprint density at radius 3 is 2.00 bits per heavy atom. The monoisotopic (exact) mass is 226 g/mol. The maximum atomic E-state index is 11.8. The lowest BCUT2D eigenvalue weighted by Crippen LogP contribution is -2.52. The second-order valence-corrected chi connectivity index (χ2v) is 5.04. The van der Waals surface area contributed by atoms with Gasteiger partial charge in [-0.05, 0) is 18.8 Å². The van der Waals surface area contributed by atoms with Gasteiger partial charge in [0, 0.05) is 12.8 Å². The summed E-state index contributed by atoms with van der Waals surface area (Å²) in [5, 5.41) is 0. The average molecular weight is 226 g/mol. The van der Waals surface area contributed by atoms with E-state index >= 15 is 0 Å². The van der Waals surface area contributed by atoms with E-state index in [1.165, 1.54) is 0 Å². The molecule has 4 nitrogen and oxygen atoms in total. The van der Waals surface area contributed by atoms with Crippen LogP contribution >= 0.6 is 0 Å². The van der Waals surface area contributed by atoms with Crippen molar-refractivity contribution in [3.8, 4) is 0 Å². The molecule has 0 bridgehead atoms. The van der Waals surface area contributed by atoms with Crippen LogP contribution in [0, 0.1) is 11.8 Å². The predicted octanol–water partition coefficient (Wildman–Crippen LogP) is 2.02. The van der Waals surface area contributed by atoms with Gasteiger partial charge in [-0.2, -0.15) is 0 Å². The Kier molecular flexibility index (Phi) is 2.91. The van der Waals surface area contributed by atoms with Crippen molar-refractivity contribution in [2.75, 3.05) is 0 Å². The molecule has 1 saturated carbocycles. The van der Waals surface area contributed by atoms with E-state index < -0.39 is 23.6 Å². The fourth-order valence-electron chi connectivity index (χ4n) is 2.45. The van der Waals surface area contributed by atoms with Crippen LogP contribution in [0.15, 0.2) is 0 Å². The third-order valence-corrected chi connectivity index (χ3v) is 3.36. The Morgan fingerprint density at radius 1 is 1.06 bits per heavy atom. The summed E-state index contributed by atoms with van der Waals surface area (Å²) in [6.45, 7) is 3.65. The van der Waals surface area contributed by atoms with Crippen molar-refractivity contribution in [2.45, 2.75) is 51.7 Å². The molecular weight excluding hydrogens is 208 g/mol. The van der Waals surface area contributed by atoms with Gasteiger partial charge in [0.15, 0.2) is 5.92 Å². The molecule has 2 aliphatic rings. The number of hydrogen-bond donors (Lipinski definition) is 0. The minimum Gasteiger partial charge on any atom is -0.422 e. The normalized spacial score (nSPS) is 25.7. The Balaban J connectivity index is 2.13. The Morgan fingerprint density at radius 2 is 1.56 bits per heavy atom. The summed E-state index contributed by atoms with van der Waals surface area (Å²) in [7, 11) is 0. The van der Waals surface area contributed by atoms with Crippen LogP contribution in [0.5, 0.6) is 0 Å². The quantitative estimate of drug-likeness (QED) is 0.507. The number of carbonyl (C=O) groups is 2. The van der Waals surface area contributed by atoms with Crippen molar-refractivity contribution < 1.29 is 19.1 Å². The molecule has 1 saturated heterocycles. The van der Waals surface area contributed by atoms with Gasteiger partial charge in [0.05, 0.1) is 0 Å². The van der Waals surface area contributed by atoms with Gasteiger partial charge in [0.1, 0.15) is 0 Å². The largest absolute Gasteiger partial charge is 0.422 e. The number of ether oxygens (including phenoxy) is 2. The van der Waals surface area contributed by atoms with Crippen LogP contribution in [0.3, 0.4) is 0 Å². The molecule has 1 spiro atoms. The van der Waals surface area contributed by atoms with Gasteiger partial charge < -0.3 is 9.47 Å². The SMILES string of the molecule is CC(C)C1C(=O)OC2(CCCCC2)OC1=O. The second kappa shape index (κ2) is 4.07. The molecule has 0 atom stereocenters. The Hall–Kier alpha value is -1.06. The maximum absolute atomic E-state index is 11.8. The first-order valence-electron chi connectivity index (χ1n) is 6.00. The molecule has 0 aromatic rings. The fourth-order valence-corrected chi connectivity index (χ4v) is 2.45. The van der Waals surface area contributed by atoms with Gasteiger partial charge in [-0.1, -0.05) is 20.3 Å². The van der Waals surface area contributed by atoms with Crippen molar-refractivity contribution in [1.29, 1.82) is 0 Å². The highest BCUT2D eigenvalue weighted by molar-refractivity contribution is 5.97. The molecule has 1 aliphatic carbocycles. The molecule has 0 aromatic carbocycles. The van der Waals surface area contributed by atoms with Crippen LogP contribution < -0.4 is 0 Å². The molecule has 0 aromatic heterocycles. The number of hydrogen-bond acceptors (Lipinski definition) is 4. The van der Waals surface area contributed by atoms with E-state index in [0.717, 1.165) is 19.3 Å². The Labute approximate surface area is 95.3 Å². The number of carbonyl (C=O) groups excluding carboxylic acids is 2. The summed E-state index contributed by atoms with van der Waals surface area (Å²) < 4.78 is 10.8. The zero-order valence-corrected chi connectivity index (χ0v) is 9.82. The molecule has 0 unspecified atom stereocenters. The zero-order valence-electron chi connectivity index (χ0n) is 9.82. The summed E-state index contributed by atoms with van der Waals surface area (Å²) in [5.74, 6) is -2.56. The average Bonchev–Trinajstić information content (AvgIpc) is 2.16. The van der Waals surface area contributed by atoms with Crippen LogP contribution in [-0.2, 0) is 19.1 Å². The first kappa shape index (κ1) is 11.4. The van der Waals surface area contributed by atoms with Crippen molar-refractivity contribution >= 4 is 11.9 Å². The second-order valence-electron chi connectivity index (χ2n) is 5.04. The summed E-state index contributed by atoms with van der Waals surface area (Å²) in [6, 6.07) is 0. The van der Waals surface area contributed by atoms with Crippen LogP contribution in [0.2, 0.25) is 0 Å². The highest BCUT2D eigenvalue weighted by Crippen LogP contribution is 2.38. The standard InChI is InChI=1S/C12H18O4/c1-8(2)9-10(13)15-12(16-11(9)14)6-4-3-5-7-12/h8-9H,3-7H2,1-2H3. The molecule has 2 rings (SSSR count). The third-order valence-electron chi connectivity index (χ3n) is 3.36. The molecule has 0 radical (unpaired) electrons. The molecule has 0 N–H and O–H groups in total. The fraction of sp³-hybridized carbons (Fsp3) is 0.833. The van der Waals surface area contributed by atoms with Crippen molar-refractivity contribution in [3.05, 3.63) is 0 Å². The Bertz CT molecular complexity index is 282. The molecule has 0 amide bonds. The van der Waals surface area contributed by atoms with E-state index in [-0.39, 0.29) is 5.92 Å². The van der Waals surface area contributed by atoms with E-state index in [0.29, 0.717) is 12.8 Å². The van der Waals surface area contributed by atoms with Crippen molar-refractivity contribution in [2.24, 2.45) is 11.8 Å². The van der Waals surface area contributed by atoms with Gasteiger partial charge >= 0.3 is 11.9 Å². The first-order valence-corrected chi connectivity index (χ1v) is 6.00. The minimum absolute atomic E-state index is 0.0686. The van der Waals surface area contributed by atoms with E-state index in [2.05, 4.69) is 0 Å². The lowest BCUT2D eigenvalue weighted by Gasteiger charge is -2.41. The summed E-state index contributed by atoms with van der Waals surface area (Å²) in [4.78, 5) is 23.6. The van der Waals surface area contributed by atoms with E-state index in [1.54, 1.807) is 0 Å². The van der Waals surface area contributed by atoms with E-state index in [9.17, 15) is 9.59 Å². The van der Waals surface area contributed by atoms with Crippen molar-refractivity contribution in [3.63, 3.8) is 0 Å². The van der Waals surface area contributed by atoms with E-state index in [4.69, 9.17) is 9.47 Å². The van der Waals surface area contributed by atoms with Crippen LogP contribution in [-0.4, -0.2) is 17.7 Å². The molecule has 16 heavy (non-hydrogen) atoms. The molecule has 4 heteroatoms. The van der Waals surface area contributed by atoms with E-state index in [1.807, 2.05) is 13.8 Å². The van der Waals surface area contributed by atoms with Gasteiger partial charge in [-0.25, -0.2) is 0 Å². The van der Waals surface area contributed by atoms with Crippen LogP contribution in [0.1, 0.15) is 46.0 Å². The molecule has 1 aliphatic heterocycles. The smallest absolute Gasteiger partial charge is 0.323 e. The summed E-state index contributed by atoms with van der Waals surface area (Å²) in [6.07, 6.45) is 4.31. The van der Waals surface area contributed by atoms with Crippen molar-refractivity contribution in [1.82, 2.24) is 0 Å². The minimum atomic E-state index is -0.933. The van der Waals surface area contributed by atoms with Crippen LogP contribution in [0.4, 0.5) is 0 Å². The number of rotatable bonds is 1. The molecule has 2 fully saturated rings. The van der Waals surface area contributed by atoms with Crippen LogP contribution in [0.25, 0.3) is 0 Å².